The number of hydrogen-bond acceptors (Lipinski definition) is 2. The van der Waals surface area contributed by atoms with Crippen LogP contribution in [0.5, 0.6) is 0 Å². The van der Waals surface area contributed by atoms with Crippen molar-refractivity contribution in [1.82, 2.24) is 0 Å². The van der Waals surface area contributed by atoms with Crippen molar-refractivity contribution in [2.75, 3.05) is 11.5 Å². The van der Waals surface area contributed by atoms with Crippen LogP contribution in [0.15, 0.2) is 66.7 Å². The zero-order valence-corrected chi connectivity index (χ0v) is 12.1. The van der Waals surface area contributed by atoms with Gasteiger partial charge in [0.2, 0.25) is 0 Å². The molecule has 0 aliphatic carbocycles. The quantitative estimate of drug-likeness (QED) is 0.665. The number of hydrogen-bond donors (Lipinski definition) is 2. The van der Waals surface area contributed by atoms with E-state index in [1.165, 1.54) is 0 Å². The third kappa shape index (κ3) is 2.58. The molecule has 0 aliphatic heterocycles. The van der Waals surface area contributed by atoms with Gasteiger partial charge in [0.05, 0.1) is 0 Å². The summed E-state index contributed by atoms with van der Waals surface area (Å²) in [6, 6.07) is 21.3. The lowest BCUT2D eigenvalue weighted by molar-refractivity contribution is 1.57. The van der Waals surface area contributed by atoms with E-state index in [4.69, 9.17) is 23.1 Å². The fraction of sp³-hybridized carbons (Fsp3) is 0. The maximum atomic E-state index is 6.37. The number of nitrogen functional groups attached to an aromatic ring is 2. The molecule has 0 unspecified atom stereocenters. The number of nitrogens with two attached hydrogens (primary N) is 2. The van der Waals surface area contributed by atoms with Crippen molar-refractivity contribution in [3.05, 3.63) is 71.8 Å². The lowest BCUT2D eigenvalue weighted by atomic mass is 9.95. The Labute approximate surface area is 129 Å². The first-order valence-electron chi connectivity index (χ1n) is 6.66. The van der Waals surface area contributed by atoms with E-state index in [9.17, 15) is 0 Å². The molecule has 0 saturated carbocycles. The number of anilines is 2. The van der Waals surface area contributed by atoms with E-state index in [1.807, 2.05) is 66.7 Å². The smallest absolute Gasteiger partial charge is 0.0485 e. The fourth-order valence-corrected chi connectivity index (χ4v) is 2.67. The Morgan fingerprint density at radius 1 is 0.667 bits per heavy atom. The maximum Gasteiger partial charge on any atom is 0.0485 e. The molecule has 3 heteroatoms. The Morgan fingerprint density at radius 3 is 2.00 bits per heavy atom. The maximum absolute atomic E-state index is 6.37. The normalized spacial score (nSPS) is 10.5. The minimum atomic E-state index is 0.661. The van der Waals surface area contributed by atoms with E-state index >= 15 is 0 Å². The summed E-state index contributed by atoms with van der Waals surface area (Å²) in [5.74, 6) is 0. The predicted molar refractivity (Wildman–Crippen MR) is 91.1 cm³/mol. The van der Waals surface area contributed by atoms with Gasteiger partial charge < -0.3 is 11.5 Å². The van der Waals surface area contributed by atoms with Crippen LogP contribution in [0.2, 0.25) is 5.02 Å². The van der Waals surface area contributed by atoms with Gasteiger partial charge in [-0.2, -0.15) is 0 Å². The Hall–Kier alpha value is -2.45. The highest BCUT2D eigenvalue weighted by molar-refractivity contribution is 6.33. The second-order valence-electron chi connectivity index (χ2n) is 4.88. The van der Waals surface area contributed by atoms with E-state index in [1.54, 1.807) is 0 Å². The minimum Gasteiger partial charge on any atom is -0.399 e. The van der Waals surface area contributed by atoms with Gasteiger partial charge in [-0.05, 0) is 23.8 Å². The van der Waals surface area contributed by atoms with Crippen molar-refractivity contribution in [2.45, 2.75) is 0 Å². The number of rotatable bonds is 2. The van der Waals surface area contributed by atoms with Crippen LogP contribution in [0.25, 0.3) is 22.3 Å². The molecular formula is C18H15ClN2. The van der Waals surface area contributed by atoms with Crippen LogP contribution in [-0.4, -0.2) is 0 Å². The highest BCUT2D eigenvalue weighted by Gasteiger charge is 2.12. The standard InChI is InChI=1S/C18H15ClN2/c19-17-9-5-4-8-14(17)16-11-13(20)10-15(18(16)21)12-6-2-1-3-7-12/h1-11H,20-21H2. The molecule has 0 heterocycles. The summed E-state index contributed by atoms with van der Waals surface area (Å²) < 4.78 is 0. The molecule has 0 atom stereocenters. The molecule has 3 aromatic carbocycles. The van der Waals surface area contributed by atoms with E-state index in [2.05, 4.69) is 0 Å². The Kier molecular flexibility index (Phi) is 3.55. The average molecular weight is 295 g/mol. The SMILES string of the molecule is Nc1cc(-c2ccccc2)c(N)c(-c2ccccc2Cl)c1. The highest BCUT2D eigenvalue weighted by Crippen LogP contribution is 2.39. The molecule has 0 aliphatic rings. The summed E-state index contributed by atoms with van der Waals surface area (Å²) in [6.45, 7) is 0. The molecule has 0 fully saturated rings. The average Bonchev–Trinajstić information content (AvgIpc) is 2.51. The lowest BCUT2D eigenvalue weighted by Gasteiger charge is -2.14. The first-order valence-corrected chi connectivity index (χ1v) is 7.04. The molecule has 0 bridgehead atoms. The molecule has 4 N–H and O–H groups in total. The molecule has 2 nitrogen and oxygen atoms in total. The zero-order chi connectivity index (χ0) is 14.8. The summed E-state index contributed by atoms with van der Waals surface area (Å²) in [7, 11) is 0. The Bertz CT molecular complexity index is 782. The first kappa shape index (κ1) is 13.5. The monoisotopic (exact) mass is 294 g/mol. The molecule has 3 rings (SSSR count). The molecule has 0 amide bonds. The summed E-state index contributed by atoms with van der Waals surface area (Å²) in [4.78, 5) is 0. The van der Waals surface area contributed by atoms with Gasteiger partial charge in [-0.15, -0.1) is 0 Å². The first-order chi connectivity index (χ1) is 10.2. The lowest BCUT2D eigenvalue weighted by Crippen LogP contribution is -1.97. The van der Waals surface area contributed by atoms with Crippen molar-refractivity contribution in [1.29, 1.82) is 0 Å². The summed E-state index contributed by atoms with van der Waals surface area (Å²) in [5.41, 5.74) is 17.5. The predicted octanol–water partition coefficient (Wildman–Crippen LogP) is 4.84. The van der Waals surface area contributed by atoms with E-state index in [0.29, 0.717) is 16.4 Å². The van der Waals surface area contributed by atoms with Crippen LogP contribution in [0.3, 0.4) is 0 Å². The van der Waals surface area contributed by atoms with Gasteiger partial charge in [0.25, 0.3) is 0 Å². The topological polar surface area (TPSA) is 52.0 Å². The van der Waals surface area contributed by atoms with Gasteiger partial charge in [-0.1, -0.05) is 60.1 Å². The van der Waals surface area contributed by atoms with Gasteiger partial charge in [-0.3, -0.25) is 0 Å². The molecule has 21 heavy (non-hydrogen) atoms. The van der Waals surface area contributed by atoms with E-state index in [0.717, 1.165) is 22.3 Å². The van der Waals surface area contributed by atoms with Gasteiger partial charge in [0.1, 0.15) is 0 Å². The largest absolute Gasteiger partial charge is 0.399 e. The van der Waals surface area contributed by atoms with Crippen LogP contribution < -0.4 is 11.5 Å². The Morgan fingerprint density at radius 2 is 1.29 bits per heavy atom. The third-order valence-electron chi connectivity index (χ3n) is 3.45. The third-order valence-corrected chi connectivity index (χ3v) is 3.78. The second-order valence-corrected chi connectivity index (χ2v) is 5.28. The van der Waals surface area contributed by atoms with Gasteiger partial charge >= 0.3 is 0 Å². The van der Waals surface area contributed by atoms with Crippen LogP contribution in [0.1, 0.15) is 0 Å². The summed E-state index contributed by atoms with van der Waals surface area (Å²) in [5, 5.41) is 0.661. The van der Waals surface area contributed by atoms with Crippen molar-refractivity contribution in [3.63, 3.8) is 0 Å². The number of halogens is 1. The molecular weight excluding hydrogens is 280 g/mol. The van der Waals surface area contributed by atoms with Crippen LogP contribution in [0, 0.1) is 0 Å². The molecule has 0 aromatic heterocycles. The van der Waals surface area contributed by atoms with Gasteiger partial charge in [0, 0.05) is 33.1 Å². The summed E-state index contributed by atoms with van der Waals surface area (Å²) in [6.07, 6.45) is 0. The van der Waals surface area contributed by atoms with Gasteiger partial charge in [-0.25, -0.2) is 0 Å². The zero-order valence-electron chi connectivity index (χ0n) is 11.4. The molecule has 3 aromatic rings. The fourth-order valence-electron chi connectivity index (χ4n) is 2.43. The van der Waals surface area contributed by atoms with Crippen LogP contribution in [0.4, 0.5) is 11.4 Å². The van der Waals surface area contributed by atoms with Crippen molar-refractivity contribution in [2.24, 2.45) is 0 Å². The minimum absolute atomic E-state index is 0.661. The van der Waals surface area contributed by atoms with Crippen molar-refractivity contribution < 1.29 is 0 Å². The van der Waals surface area contributed by atoms with Crippen molar-refractivity contribution >= 4 is 23.0 Å². The van der Waals surface area contributed by atoms with Crippen molar-refractivity contribution in [3.8, 4) is 22.3 Å². The highest BCUT2D eigenvalue weighted by atomic mass is 35.5. The van der Waals surface area contributed by atoms with E-state index in [-0.39, 0.29) is 0 Å². The molecule has 104 valence electrons. The van der Waals surface area contributed by atoms with Gasteiger partial charge in [0.15, 0.2) is 0 Å². The number of benzene rings is 3. The van der Waals surface area contributed by atoms with Crippen LogP contribution in [-0.2, 0) is 0 Å². The second kappa shape index (κ2) is 5.51. The summed E-state index contributed by atoms with van der Waals surface area (Å²) >= 11 is 6.29. The van der Waals surface area contributed by atoms with E-state index < -0.39 is 0 Å². The molecule has 0 saturated heterocycles. The Balaban J connectivity index is 2.25. The van der Waals surface area contributed by atoms with Crippen LogP contribution >= 0.6 is 11.6 Å². The molecule has 0 radical (unpaired) electrons. The molecule has 0 spiro atoms.